The molecule has 2 N–H and O–H groups in total. The van der Waals surface area contributed by atoms with Gasteiger partial charge >= 0.3 is 0 Å². The van der Waals surface area contributed by atoms with Gasteiger partial charge in [0.25, 0.3) is 0 Å². The fourth-order valence-corrected chi connectivity index (χ4v) is 4.80. The standard InChI is InChI=1S/C24H18FN7OS2/c1-32-14-16(13-29-32)22-21(7-5-19(30-22)18-3-2-8-27-23(18)25)33-20-6-4-17(11-15(20)12-26)35-31-24-28-9-10-34-24/h2-11,13-14,24,28,31H,1H3. The van der Waals surface area contributed by atoms with Crippen LogP contribution in [0.1, 0.15) is 5.56 Å². The van der Waals surface area contributed by atoms with Crippen LogP contribution in [0.3, 0.4) is 0 Å². The van der Waals surface area contributed by atoms with Gasteiger partial charge in [-0.05, 0) is 59.8 Å². The van der Waals surface area contributed by atoms with Crippen molar-refractivity contribution < 1.29 is 9.13 Å². The molecule has 1 aromatic carbocycles. The van der Waals surface area contributed by atoms with Gasteiger partial charge < -0.3 is 10.1 Å². The molecule has 5 rings (SSSR count). The van der Waals surface area contributed by atoms with Gasteiger partial charge in [0.2, 0.25) is 5.95 Å². The number of ether oxygens (including phenoxy) is 1. The molecule has 0 amide bonds. The number of hydrogen-bond donors (Lipinski definition) is 2. The van der Waals surface area contributed by atoms with Crippen LogP contribution in [0.4, 0.5) is 4.39 Å². The molecule has 0 saturated carbocycles. The number of hydrogen-bond acceptors (Lipinski definition) is 9. The van der Waals surface area contributed by atoms with Gasteiger partial charge in [-0.1, -0.05) is 11.8 Å². The third kappa shape index (κ3) is 5.14. The third-order valence-corrected chi connectivity index (χ3v) is 6.79. The molecule has 0 radical (unpaired) electrons. The third-order valence-electron chi connectivity index (χ3n) is 4.98. The van der Waals surface area contributed by atoms with Crippen LogP contribution >= 0.6 is 23.7 Å². The van der Waals surface area contributed by atoms with Gasteiger partial charge in [-0.15, -0.1) is 0 Å². The zero-order chi connectivity index (χ0) is 24.2. The summed E-state index contributed by atoms with van der Waals surface area (Å²) in [7, 11) is 1.79. The average molecular weight is 504 g/mol. The van der Waals surface area contributed by atoms with E-state index in [4.69, 9.17) is 4.74 Å². The maximum absolute atomic E-state index is 14.3. The number of benzene rings is 1. The van der Waals surface area contributed by atoms with Gasteiger partial charge in [0.1, 0.15) is 23.0 Å². The Kier molecular flexibility index (Phi) is 6.67. The summed E-state index contributed by atoms with van der Waals surface area (Å²) in [6, 6.07) is 14.2. The van der Waals surface area contributed by atoms with Crippen LogP contribution in [-0.4, -0.2) is 25.2 Å². The van der Waals surface area contributed by atoms with Crippen molar-refractivity contribution in [1.82, 2.24) is 29.8 Å². The Morgan fingerprint density at radius 1 is 1.26 bits per heavy atom. The van der Waals surface area contributed by atoms with Crippen LogP contribution in [0.5, 0.6) is 11.5 Å². The molecule has 174 valence electrons. The van der Waals surface area contributed by atoms with E-state index in [2.05, 4.69) is 31.2 Å². The second-order valence-corrected chi connectivity index (χ2v) is 9.29. The van der Waals surface area contributed by atoms with Crippen molar-refractivity contribution in [2.24, 2.45) is 7.05 Å². The lowest BCUT2D eigenvalue weighted by atomic mass is 10.1. The predicted molar refractivity (Wildman–Crippen MR) is 134 cm³/mol. The Labute approximate surface area is 209 Å². The van der Waals surface area contributed by atoms with Crippen molar-refractivity contribution in [3.63, 3.8) is 0 Å². The Bertz CT molecular complexity index is 1440. The van der Waals surface area contributed by atoms with Crippen molar-refractivity contribution in [1.29, 1.82) is 5.26 Å². The lowest BCUT2D eigenvalue weighted by Gasteiger charge is -2.14. The van der Waals surface area contributed by atoms with Gasteiger partial charge in [0.05, 0.1) is 23.0 Å². The molecule has 1 unspecified atom stereocenters. The number of aromatic nitrogens is 4. The first-order chi connectivity index (χ1) is 17.1. The molecule has 0 fully saturated rings. The van der Waals surface area contributed by atoms with E-state index in [0.717, 1.165) is 4.90 Å². The molecule has 1 aliphatic rings. The molecule has 4 heterocycles. The van der Waals surface area contributed by atoms with E-state index < -0.39 is 5.95 Å². The minimum Gasteiger partial charge on any atom is -0.454 e. The molecule has 35 heavy (non-hydrogen) atoms. The van der Waals surface area contributed by atoms with Crippen LogP contribution in [0, 0.1) is 17.3 Å². The van der Waals surface area contributed by atoms with Crippen LogP contribution in [0.2, 0.25) is 0 Å². The first kappa shape index (κ1) is 22.9. The number of rotatable bonds is 7. The highest BCUT2D eigenvalue weighted by molar-refractivity contribution is 8.04. The molecule has 0 spiro atoms. The van der Waals surface area contributed by atoms with E-state index in [1.165, 1.54) is 18.1 Å². The lowest BCUT2D eigenvalue weighted by Crippen LogP contribution is -2.28. The molecule has 1 aliphatic heterocycles. The molecule has 8 nitrogen and oxygen atoms in total. The van der Waals surface area contributed by atoms with Gasteiger partial charge in [-0.3, -0.25) is 4.68 Å². The Morgan fingerprint density at radius 3 is 2.89 bits per heavy atom. The summed E-state index contributed by atoms with van der Waals surface area (Å²) in [5.41, 5.74) is 2.30. The largest absolute Gasteiger partial charge is 0.454 e. The number of halogens is 1. The maximum atomic E-state index is 14.3. The number of nitriles is 1. The van der Waals surface area contributed by atoms with Crippen LogP contribution in [-0.2, 0) is 7.05 Å². The first-order valence-electron chi connectivity index (χ1n) is 10.4. The van der Waals surface area contributed by atoms with Crippen molar-refractivity contribution in [3.8, 4) is 40.1 Å². The van der Waals surface area contributed by atoms with E-state index in [0.29, 0.717) is 34.0 Å². The van der Waals surface area contributed by atoms with E-state index in [-0.39, 0.29) is 11.1 Å². The fraction of sp³-hybridized carbons (Fsp3) is 0.0833. The van der Waals surface area contributed by atoms with Crippen molar-refractivity contribution in [2.45, 2.75) is 10.4 Å². The summed E-state index contributed by atoms with van der Waals surface area (Å²) >= 11 is 3.04. The van der Waals surface area contributed by atoms with Gasteiger partial charge in [-0.25, -0.2) is 14.7 Å². The summed E-state index contributed by atoms with van der Waals surface area (Å²) in [6.07, 6.45) is 6.71. The zero-order valence-corrected chi connectivity index (χ0v) is 20.0. The molecular weight excluding hydrogens is 485 g/mol. The van der Waals surface area contributed by atoms with E-state index in [9.17, 15) is 9.65 Å². The summed E-state index contributed by atoms with van der Waals surface area (Å²) in [6.45, 7) is 0. The van der Waals surface area contributed by atoms with E-state index >= 15 is 0 Å². The van der Waals surface area contributed by atoms with Crippen LogP contribution in [0.25, 0.3) is 22.5 Å². The van der Waals surface area contributed by atoms with E-state index in [1.54, 1.807) is 72.3 Å². The Hall–Kier alpha value is -3.85. The second-order valence-electron chi connectivity index (χ2n) is 7.36. The average Bonchev–Trinajstić information content (AvgIpc) is 3.56. The highest BCUT2D eigenvalue weighted by Crippen LogP contribution is 2.36. The van der Waals surface area contributed by atoms with Crippen LogP contribution < -0.4 is 14.8 Å². The summed E-state index contributed by atoms with van der Waals surface area (Å²) in [4.78, 5) is 9.25. The number of thioether (sulfide) groups is 1. The number of pyridine rings is 2. The monoisotopic (exact) mass is 503 g/mol. The Morgan fingerprint density at radius 2 is 2.14 bits per heavy atom. The van der Waals surface area contributed by atoms with Gasteiger partial charge in [0, 0.05) is 36.1 Å². The first-order valence-corrected chi connectivity index (χ1v) is 12.2. The molecule has 1 atom stereocenters. The number of nitrogens with zero attached hydrogens (tertiary/aromatic N) is 5. The molecule has 0 saturated heterocycles. The number of aryl methyl sites for hydroxylation is 1. The second kappa shape index (κ2) is 10.2. The normalized spacial score (nSPS) is 14.5. The molecule has 0 bridgehead atoms. The molecular formula is C24H18FN7OS2. The fourth-order valence-electron chi connectivity index (χ4n) is 3.34. The zero-order valence-electron chi connectivity index (χ0n) is 18.3. The predicted octanol–water partition coefficient (Wildman–Crippen LogP) is 5.04. The minimum absolute atomic E-state index is 0.0674. The molecule has 3 aromatic heterocycles. The minimum atomic E-state index is -0.610. The summed E-state index contributed by atoms with van der Waals surface area (Å²) in [5.74, 6) is 0.194. The van der Waals surface area contributed by atoms with Crippen LogP contribution in [0.15, 0.2) is 77.6 Å². The lowest BCUT2D eigenvalue weighted by molar-refractivity contribution is 0.480. The van der Waals surface area contributed by atoms with Crippen molar-refractivity contribution >= 4 is 23.7 Å². The summed E-state index contributed by atoms with van der Waals surface area (Å²) < 4.78 is 25.4. The van der Waals surface area contributed by atoms with Crippen molar-refractivity contribution in [2.75, 3.05) is 0 Å². The maximum Gasteiger partial charge on any atom is 0.222 e. The Balaban J connectivity index is 1.46. The molecule has 4 aromatic rings. The molecule has 11 heteroatoms. The number of nitrogens with one attached hydrogen (secondary N) is 2. The molecule has 0 aliphatic carbocycles. The highest BCUT2D eigenvalue weighted by atomic mass is 32.2. The van der Waals surface area contributed by atoms with Crippen molar-refractivity contribution in [3.05, 3.63) is 84.2 Å². The SMILES string of the molecule is Cn1cc(-c2nc(-c3cccnc3F)ccc2Oc2ccc(SNC3NC=CS3)cc2C#N)cn1. The summed E-state index contributed by atoms with van der Waals surface area (Å²) in [5, 5.41) is 19.1. The van der Waals surface area contributed by atoms with E-state index in [1.807, 2.05) is 17.7 Å². The quantitative estimate of drug-likeness (QED) is 0.265. The smallest absolute Gasteiger partial charge is 0.222 e. The van der Waals surface area contributed by atoms with Gasteiger partial charge in [-0.2, -0.15) is 14.8 Å². The van der Waals surface area contributed by atoms with Gasteiger partial charge in [0.15, 0.2) is 5.75 Å². The topological polar surface area (TPSA) is 101 Å². The highest BCUT2D eigenvalue weighted by Gasteiger charge is 2.17.